The third-order valence-corrected chi connectivity index (χ3v) is 12.2. The van der Waals surface area contributed by atoms with Gasteiger partial charge in [-0.05, 0) is 60.7 Å². The number of hydrogen-bond acceptors (Lipinski definition) is 22. The normalized spacial score (nSPS) is 17.7. The first-order valence-electron chi connectivity index (χ1n) is 24.4. The fraction of sp³-hybridized carbons (Fsp3) is 0.412. The lowest BCUT2D eigenvalue weighted by Crippen LogP contribution is -2.63. The molecular weight excluding hydrogens is 1040 g/mol. The second kappa shape index (κ2) is 28.4. The van der Waals surface area contributed by atoms with Crippen LogP contribution in [0.15, 0.2) is 106 Å². The van der Waals surface area contributed by atoms with Crippen molar-refractivity contribution in [2.24, 2.45) is 10.2 Å². The first kappa shape index (κ1) is 59.3. The van der Waals surface area contributed by atoms with Gasteiger partial charge in [0.2, 0.25) is 12.2 Å². The van der Waals surface area contributed by atoms with Crippen molar-refractivity contribution in [3.63, 3.8) is 0 Å². The molecule has 78 heavy (non-hydrogen) atoms. The van der Waals surface area contributed by atoms with Crippen LogP contribution in [0.5, 0.6) is 0 Å². The van der Waals surface area contributed by atoms with Gasteiger partial charge in [-0.25, -0.2) is 4.68 Å². The Balaban J connectivity index is 1.05. The van der Waals surface area contributed by atoms with Crippen LogP contribution in [0.4, 0.5) is 22.7 Å². The summed E-state index contributed by atoms with van der Waals surface area (Å²) in [5.74, 6) is -4.23. The fourth-order valence-electron chi connectivity index (χ4n) is 7.79. The quantitative estimate of drug-likeness (QED) is 0.0143. The van der Waals surface area contributed by atoms with Crippen molar-refractivity contribution in [1.29, 1.82) is 0 Å². The maximum absolute atomic E-state index is 13.5. The van der Waals surface area contributed by atoms with E-state index in [-0.39, 0.29) is 62.2 Å². The van der Waals surface area contributed by atoms with Crippen molar-refractivity contribution in [3.05, 3.63) is 102 Å². The Morgan fingerprint density at radius 1 is 0.756 bits per heavy atom. The highest BCUT2D eigenvalue weighted by Gasteiger charge is 2.53. The van der Waals surface area contributed by atoms with Crippen LogP contribution in [0, 0.1) is 0 Å². The third-order valence-electron chi connectivity index (χ3n) is 11.3. The number of aromatic nitrogens is 3. The zero-order chi connectivity index (χ0) is 56.4. The summed E-state index contributed by atoms with van der Waals surface area (Å²) < 4.78 is 80.9. The summed E-state index contributed by atoms with van der Waals surface area (Å²) in [5.41, 5.74) is 3.71. The maximum Gasteiger partial charge on any atom is 0.303 e. The Kier molecular flexibility index (Phi) is 21.6. The number of nitrogens with one attached hydrogen (secondary N) is 3. The Hall–Kier alpha value is -7.95. The predicted octanol–water partition coefficient (Wildman–Crippen LogP) is 4.17. The SMILES string of the molecule is CC(=O)OC[C@H]1O[C@@H](OC(CC(=O)NCCNc2cccc3c(S(=O)(=O)O)cccc23)OCCOCCn2cc(CNC(=O)c3ccc(/N=N/c4ccc(N(C)C)cc4)cc3)nn2)[C@H](OC(C)=O)[C@@H](OC(C)=O)[C@@H]1OC(C)=O. The summed E-state index contributed by atoms with van der Waals surface area (Å²) in [4.78, 5) is 77.2. The monoisotopic (exact) mass is 1100 g/mol. The molecule has 2 heterocycles. The molecule has 4 N–H and O–H groups in total. The number of hydrogen-bond donors (Lipinski definition) is 4. The molecular formula is C51H61N9O17S. The fourth-order valence-corrected chi connectivity index (χ4v) is 8.50. The molecule has 6 rings (SSSR count). The highest BCUT2D eigenvalue weighted by molar-refractivity contribution is 7.86. The minimum atomic E-state index is -4.51. The van der Waals surface area contributed by atoms with Crippen LogP contribution < -0.4 is 20.9 Å². The molecule has 1 fully saturated rings. The first-order chi connectivity index (χ1) is 37.2. The van der Waals surface area contributed by atoms with Gasteiger partial charge in [0.05, 0.1) is 56.9 Å². The molecule has 0 bridgehead atoms. The largest absolute Gasteiger partial charge is 0.463 e. The second-order valence-electron chi connectivity index (χ2n) is 17.5. The molecule has 0 saturated carbocycles. The molecule has 6 atom stereocenters. The van der Waals surface area contributed by atoms with Crippen LogP contribution in [0.25, 0.3) is 10.8 Å². The van der Waals surface area contributed by atoms with Crippen LogP contribution in [-0.2, 0) is 85.1 Å². The van der Waals surface area contributed by atoms with Gasteiger partial charge in [-0.3, -0.25) is 33.3 Å². The van der Waals surface area contributed by atoms with E-state index in [1.54, 1.807) is 54.7 Å². The number of amides is 2. The molecule has 418 valence electrons. The third kappa shape index (κ3) is 18.1. The van der Waals surface area contributed by atoms with Crippen LogP contribution in [0.1, 0.15) is 50.2 Å². The highest BCUT2D eigenvalue weighted by Crippen LogP contribution is 2.32. The van der Waals surface area contributed by atoms with E-state index >= 15 is 0 Å². The summed E-state index contributed by atoms with van der Waals surface area (Å²) in [6, 6.07) is 23.5. The van der Waals surface area contributed by atoms with E-state index in [1.807, 2.05) is 43.3 Å². The molecule has 26 nitrogen and oxygen atoms in total. The molecule has 0 radical (unpaired) electrons. The van der Waals surface area contributed by atoms with E-state index in [0.717, 1.165) is 33.4 Å². The van der Waals surface area contributed by atoms with Crippen LogP contribution in [-0.4, -0.2) is 154 Å². The summed E-state index contributed by atoms with van der Waals surface area (Å²) in [5, 5.41) is 26.2. The Morgan fingerprint density at radius 2 is 1.40 bits per heavy atom. The van der Waals surface area contributed by atoms with E-state index in [2.05, 4.69) is 36.5 Å². The van der Waals surface area contributed by atoms with E-state index in [4.69, 9.17) is 37.9 Å². The van der Waals surface area contributed by atoms with Gasteiger partial charge in [0.25, 0.3) is 16.0 Å². The number of benzene rings is 4. The molecule has 5 aromatic rings. The first-order valence-corrected chi connectivity index (χ1v) is 25.8. The van der Waals surface area contributed by atoms with Gasteiger partial charge in [-0.2, -0.15) is 18.6 Å². The summed E-state index contributed by atoms with van der Waals surface area (Å²) >= 11 is 0. The second-order valence-corrected chi connectivity index (χ2v) is 18.9. The molecule has 4 aromatic carbocycles. The summed E-state index contributed by atoms with van der Waals surface area (Å²) in [6.07, 6.45) is -8.01. The van der Waals surface area contributed by atoms with E-state index in [0.29, 0.717) is 33.7 Å². The Morgan fingerprint density at radius 3 is 2.05 bits per heavy atom. The van der Waals surface area contributed by atoms with Gasteiger partial charge < -0.3 is 58.7 Å². The Labute approximate surface area is 448 Å². The lowest BCUT2D eigenvalue weighted by atomic mass is 9.98. The molecule has 0 spiro atoms. The van der Waals surface area contributed by atoms with E-state index < -0.39 is 89.9 Å². The average Bonchev–Trinajstić information content (AvgIpc) is 3.89. The molecule has 2 amide bonds. The van der Waals surface area contributed by atoms with Gasteiger partial charge in [0.15, 0.2) is 24.6 Å². The van der Waals surface area contributed by atoms with Crippen molar-refractivity contribution in [2.75, 3.05) is 63.8 Å². The van der Waals surface area contributed by atoms with Crippen molar-refractivity contribution >= 4 is 79.3 Å². The average molecular weight is 1100 g/mol. The van der Waals surface area contributed by atoms with Crippen LogP contribution in [0.3, 0.4) is 0 Å². The zero-order valence-electron chi connectivity index (χ0n) is 43.6. The van der Waals surface area contributed by atoms with Crippen molar-refractivity contribution in [2.45, 2.75) is 89.1 Å². The van der Waals surface area contributed by atoms with Crippen molar-refractivity contribution in [1.82, 2.24) is 25.6 Å². The number of ether oxygens (including phenoxy) is 8. The number of anilines is 2. The smallest absolute Gasteiger partial charge is 0.303 e. The number of nitrogens with zero attached hydrogens (tertiary/aromatic N) is 6. The lowest BCUT2D eigenvalue weighted by molar-refractivity contribution is -0.340. The van der Waals surface area contributed by atoms with Gasteiger partial charge in [0, 0.05) is 82.6 Å². The molecule has 0 aliphatic carbocycles. The maximum atomic E-state index is 13.5. The molecule has 1 saturated heterocycles. The van der Waals surface area contributed by atoms with Crippen LogP contribution >= 0.6 is 0 Å². The minimum Gasteiger partial charge on any atom is -0.463 e. The van der Waals surface area contributed by atoms with Crippen molar-refractivity contribution < 1.29 is 79.6 Å². The van der Waals surface area contributed by atoms with Crippen LogP contribution in [0.2, 0.25) is 0 Å². The zero-order valence-corrected chi connectivity index (χ0v) is 44.4. The topological polar surface area (TPSA) is 325 Å². The van der Waals surface area contributed by atoms with E-state index in [1.165, 1.54) is 16.8 Å². The number of esters is 4. The highest BCUT2D eigenvalue weighted by atomic mass is 32.2. The molecule has 1 aliphatic rings. The number of fused-ring (bicyclic) bond motifs is 1. The minimum absolute atomic E-state index is 0.0365. The molecule has 1 unspecified atom stereocenters. The number of carbonyl (C=O) groups excluding carboxylic acids is 6. The summed E-state index contributed by atoms with van der Waals surface area (Å²) in [6.45, 7) is 4.23. The summed E-state index contributed by atoms with van der Waals surface area (Å²) in [7, 11) is -0.614. The van der Waals surface area contributed by atoms with Gasteiger partial charge in [-0.1, -0.05) is 29.5 Å². The number of rotatable bonds is 27. The molecule has 1 aromatic heterocycles. The number of carbonyl (C=O) groups is 6. The van der Waals surface area contributed by atoms with Gasteiger partial charge in [0.1, 0.15) is 23.3 Å². The van der Waals surface area contributed by atoms with Gasteiger partial charge >= 0.3 is 23.9 Å². The molecule has 27 heteroatoms. The molecule has 1 aliphatic heterocycles. The number of azo groups is 1. The van der Waals surface area contributed by atoms with E-state index in [9.17, 15) is 41.7 Å². The van der Waals surface area contributed by atoms with Gasteiger partial charge in [-0.15, -0.1) is 5.10 Å². The Bertz CT molecular complexity index is 3010. The standard InChI is InChI=1S/C51H61N9O17S/c1-31(61)72-30-43-47(73-32(2)62)48(74-33(3)63)49(75-34(4)64)51(76-43)77-46(27-45(65)53-22-21-52-42-11-7-10-41-40(42)9-8-12-44(41)78(67,68)69)71-26-25-70-24-23-60-29-38(57-58-60)28-54-50(66)35-13-15-36(16-14-35)55-56-37-17-19-39(20-18-37)59(5)6/h7-20,29,43,46-49,51-52H,21-28,30H2,1-6H3,(H,53,65)(H,54,66)(H,67,68,69)/b56-55+/t43-,46?,47-,48+,49-,51+/m1/s1. The lowest BCUT2D eigenvalue weighted by Gasteiger charge is -2.44. The van der Waals surface area contributed by atoms with Crippen molar-refractivity contribution in [3.8, 4) is 0 Å². The predicted molar refractivity (Wildman–Crippen MR) is 276 cm³/mol.